The lowest BCUT2D eigenvalue weighted by molar-refractivity contribution is 0.319. The molecular weight excluding hydrogens is 240 g/mol. The third-order valence-corrected chi connectivity index (χ3v) is 2.23. The number of hydrogen-bond acceptors (Lipinski definition) is 4. The molecular formula is C15H14N2O2. The topological polar surface area (TPSA) is 66.0 Å². The van der Waals surface area contributed by atoms with Crippen LogP contribution in [0.1, 0.15) is 12.5 Å². The van der Waals surface area contributed by atoms with E-state index in [1.165, 1.54) is 13.2 Å². The molecule has 0 unspecified atom stereocenters. The molecule has 0 heterocycles. The van der Waals surface area contributed by atoms with Crippen LogP contribution in [0.5, 0.6) is 11.5 Å². The van der Waals surface area contributed by atoms with Crippen LogP contribution in [-0.4, -0.2) is 13.7 Å². The van der Waals surface area contributed by atoms with Crippen LogP contribution in [0.25, 0.3) is 6.08 Å². The SMILES string of the molecule is C=C(C)COc1c(C=C(C#N)C#N)cccc1OC. The third kappa shape index (κ3) is 3.90. The number of rotatable bonds is 5. The van der Waals surface area contributed by atoms with Gasteiger partial charge in [-0.3, -0.25) is 0 Å². The first-order chi connectivity index (χ1) is 9.12. The molecule has 0 aliphatic rings. The average Bonchev–Trinajstić information content (AvgIpc) is 2.42. The van der Waals surface area contributed by atoms with Crippen molar-refractivity contribution in [2.24, 2.45) is 0 Å². The molecule has 0 bridgehead atoms. The zero-order chi connectivity index (χ0) is 14.3. The van der Waals surface area contributed by atoms with Gasteiger partial charge >= 0.3 is 0 Å². The minimum Gasteiger partial charge on any atom is -0.493 e. The number of nitriles is 2. The highest BCUT2D eigenvalue weighted by atomic mass is 16.5. The Bertz CT molecular complexity index is 573. The van der Waals surface area contributed by atoms with E-state index in [2.05, 4.69) is 6.58 Å². The molecule has 0 N–H and O–H groups in total. The summed E-state index contributed by atoms with van der Waals surface area (Å²) in [6.07, 6.45) is 1.47. The fourth-order valence-corrected chi connectivity index (χ4v) is 1.40. The van der Waals surface area contributed by atoms with Gasteiger partial charge in [-0.1, -0.05) is 18.7 Å². The van der Waals surface area contributed by atoms with E-state index in [1.54, 1.807) is 18.2 Å². The summed E-state index contributed by atoms with van der Waals surface area (Å²) < 4.78 is 10.8. The molecule has 0 saturated heterocycles. The second-order valence-corrected chi connectivity index (χ2v) is 3.91. The second kappa shape index (κ2) is 6.88. The van der Waals surface area contributed by atoms with Gasteiger partial charge in [0.15, 0.2) is 11.5 Å². The Morgan fingerprint density at radius 2 is 2.05 bits per heavy atom. The van der Waals surface area contributed by atoms with Crippen molar-refractivity contribution in [3.05, 3.63) is 41.5 Å². The Balaban J connectivity index is 3.24. The number of hydrogen-bond donors (Lipinski definition) is 0. The maximum Gasteiger partial charge on any atom is 0.168 e. The van der Waals surface area contributed by atoms with Crippen molar-refractivity contribution in [2.45, 2.75) is 6.92 Å². The molecule has 96 valence electrons. The van der Waals surface area contributed by atoms with E-state index in [-0.39, 0.29) is 5.57 Å². The van der Waals surface area contributed by atoms with E-state index in [1.807, 2.05) is 19.1 Å². The molecule has 1 aromatic rings. The Labute approximate surface area is 112 Å². The number of para-hydroxylation sites is 1. The minimum atomic E-state index is 0.00780. The van der Waals surface area contributed by atoms with Crippen molar-refractivity contribution >= 4 is 6.08 Å². The summed E-state index contributed by atoms with van der Waals surface area (Å²) in [4.78, 5) is 0. The maximum atomic E-state index is 8.80. The van der Waals surface area contributed by atoms with Gasteiger partial charge in [0.05, 0.1) is 7.11 Å². The molecule has 0 spiro atoms. The highest BCUT2D eigenvalue weighted by Crippen LogP contribution is 2.32. The van der Waals surface area contributed by atoms with Gasteiger partial charge in [0.1, 0.15) is 24.3 Å². The lowest BCUT2D eigenvalue weighted by Gasteiger charge is -2.13. The molecule has 0 aromatic heterocycles. The minimum absolute atomic E-state index is 0.00780. The Kier molecular flexibility index (Phi) is 5.19. The average molecular weight is 254 g/mol. The van der Waals surface area contributed by atoms with Gasteiger partial charge in [0, 0.05) is 5.56 Å². The smallest absolute Gasteiger partial charge is 0.168 e. The van der Waals surface area contributed by atoms with Crippen molar-refractivity contribution in [3.63, 3.8) is 0 Å². The third-order valence-electron chi connectivity index (χ3n) is 2.23. The number of ether oxygens (including phenoxy) is 2. The largest absolute Gasteiger partial charge is 0.493 e. The molecule has 1 aromatic carbocycles. The molecule has 4 nitrogen and oxygen atoms in total. The first-order valence-electron chi connectivity index (χ1n) is 5.58. The summed E-state index contributed by atoms with van der Waals surface area (Å²) >= 11 is 0. The number of nitrogens with zero attached hydrogens (tertiary/aromatic N) is 2. The van der Waals surface area contributed by atoms with Crippen molar-refractivity contribution in [1.82, 2.24) is 0 Å². The van der Waals surface area contributed by atoms with E-state index in [4.69, 9.17) is 20.0 Å². The van der Waals surface area contributed by atoms with Gasteiger partial charge in [-0.2, -0.15) is 10.5 Å². The zero-order valence-corrected chi connectivity index (χ0v) is 10.9. The van der Waals surface area contributed by atoms with Gasteiger partial charge in [-0.25, -0.2) is 0 Å². The number of benzene rings is 1. The molecule has 0 amide bonds. The van der Waals surface area contributed by atoms with Crippen molar-refractivity contribution in [1.29, 1.82) is 10.5 Å². The lowest BCUT2D eigenvalue weighted by atomic mass is 10.1. The Hall–Kier alpha value is -2.72. The van der Waals surface area contributed by atoms with Crippen LogP contribution in [0, 0.1) is 22.7 Å². The molecule has 19 heavy (non-hydrogen) atoms. The summed E-state index contributed by atoms with van der Waals surface area (Å²) in [5.74, 6) is 1.04. The second-order valence-electron chi connectivity index (χ2n) is 3.91. The van der Waals surface area contributed by atoms with Gasteiger partial charge < -0.3 is 9.47 Å². The Morgan fingerprint density at radius 1 is 1.37 bits per heavy atom. The molecule has 0 aliphatic carbocycles. The van der Waals surface area contributed by atoms with E-state index in [0.717, 1.165) is 5.57 Å². The normalized spacial score (nSPS) is 8.84. The van der Waals surface area contributed by atoms with Crippen LogP contribution < -0.4 is 9.47 Å². The van der Waals surface area contributed by atoms with Crippen molar-refractivity contribution in [2.75, 3.05) is 13.7 Å². The van der Waals surface area contributed by atoms with Crippen LogP contribution in [0.4, 0.5) is 0 Å². The standard InChI is InChI=1S/C15H14N2O2/c1-11(2)10-19-15-13(7-12(8-16)9-17)5-4-6-14(15)18-3/h4-7H,1,10H2,2-3H3. The fourth-order valence-electron chi connectivity index (χ4n) is 1.40. The molecule has 0 atom stereocenters. The first-order valence-corrected chi connectivity index (χ1v) is 5.58. The molecule has 0 radical (unpaired) electrons. The predicted molar refractivity (Wildman–Crippen MR) is 72.5 cm³/mol. The highest BCUT2D eigenvalue weighted by Gasteiger charge is 2.10. The van der Waals surface area contributed by atoms with Crippen molar-refractivity contribution in [3.8, 4) is 23.6 Å². The van der Waals surface area contributed by atoms with Crippen LogP contribution >= 0.6 is 0 Å². The summed E-state index contributed by atoms with van der Waals surface area (Å²) in [6, 6.07) is 8.91. The van der Waals surface area contributed by atoms with Gasteiger partial charge in [-0.05, 0) is 24.6 Å². The quantitative estimate of drug-likeness (QED) is 0.598. The van der Waals surface area contributed by atoms with Crippen LogP contribution in [0.2, 0.25) is 0 Å². The van der Waals surface area contributed by atoms with E-state index >= 15 is 0 Å². The van der Waals surface area contributed by atoms with Crippen molar-refractivity contribution < 1.29 is 9.47 Å². The fraction of sp³-hybridized carbons (Fsp3) is 0.200. The van der Waals surface area contributed by atoms with Crippen LogP contribution in [0.15, 0.2) is 35.9 Å². The molecule has 4 heteroatoms. The number of methoxy groups -OCH3 is 1. The maximum absolute atomic E-state index is 8.80. The zero-order valence-electron chi connectivity index (χ0n) is 10.9. The lowest BCUT2D eigenvalue weighted by Crippen LogP contribution is -2.01. The van der Waals surface area contributed by atoms with E-state index < -0.39 is 0 Å². The summed E-state index contributed by atoms with van der Waals surface area (Å²) in [5.41, 5.74) is 1.49. The molecule has 1 rings (SSSR count). The molecule has 0 aliphatic heterocycles. The summed E-state index contributed by atoms with van der Waals surface area (Å²) in [7, 11) is 1.53. The summed E-state index contributed by atoms with van der Waals surface area (Å²) in [5, 5.41) is 17.6. The van der Waals surface area contributed by atoms with E-state index in [0.29, 0.717) is 23.7 Å². The monoisotopic (exact) mass is 254 g/mol. The predicted octanol–water partition coefficient (Wildman–Crippen LogP) is 3.08. The van der Waals surface area contributed by atoms with Gasteiger partial charge in [0.2, 0.25) is 0 Å². The molecule has 0 saturated carbocycles. The first kappa shape index (κ1) is 14.3. The highest BCUT2D eigenvalue weighted by molar-refractivity contribution is 5.69. The summed E-state index contributed by atoms with van der Waals surface area (Å²) in [6.45, 7) is 5.95. The Morgan fingerprint density at radius 3 is 2.58 bits per heavy atom. The van der Waals surface area contributed by atoms with Crippen LogP contribution in [0.3, 0.4) is 0 Å². The van der Waals surface area contributed by atoms with E-state index in [9.17, 15) is 0 Å². The van der Waals surface area contributed by atoms with Gasteiger partial charge in [0.25, 0.3) is 0 Å². The van der Waals surface area contributed by atoms with Crippen LogP contribution in [-0.2, 0) is 0 Å². The number of allylic oxidation sites excluding steroid dienone is 1. The molecule has 0 fully saturated rings. The van der Waals surface area contributed by atoms with Gasteiger partial charge in [-0.15, -0.1) is 0 Å².